The number of rotatable bonds is 6. The van der Waals surface area contributed by atoms with E-state index in [0.29, 0.717) is 0 Å². The van der Waals surface area contributed by atoms with Crippen LogP contribution in [0.2, 0.25) is 0 Å². The molecule has 3 heteroatoms. The van der Waals surface area contributed by atoms with Gasteiger partial charge in [-0.3, -0.25) is 0 Å². The molecule has 2 nitrogen and oxygen atoms in total. The summed E-state index contributed by atoms with van der Waals surface area (Å²) in [6, 6.07) is 12.5. The Morgan fingerprint density at radius 2 is 1.90 bits per heavy atom. The minimum absolute atomic E-state index is 0.0264. The number of ether oxygens (including phenoxy) is 1. The molecule has 0 aliphatic heterocycles. The van der Waals surface area contributed by atoms with Crippen molar-refractivity contribution >= 4 is 11.3 Å². The lowest BCUT2D eigenvalue weighted by atomic mass is 10.0. The number of aryl methyl sites for hydroxylation is 1. The predicted molar refractivity (Wildman–Crippen MR) is 86.0 cm³/mol. The molecule has 0 bridgehead atoms. The molecule has 0 fully saturated rings. The Balaban J connectivity index is 2.19. The first-order chi connectivity index (χ1) is 9.63. The summed E-state index contributed by atoms with van der Waals surface area (Å²) in [5.74, 6) is 0. The first-order valence-corrected chi connectivity index (χ1v) is 8.01. The SMILES string of the molecule is CCC(N)C(OC(C)c1ccccc1)c1sccc1C. The Morgan fingerprint density at radius 1 is 1.20 bits per heavy atom. The lowest BCUT2D eigenvalue weighted by Crippen LogP contribution is -2.30. The maximum atomic E-state index is 6.30. The lowest BCUT2D eigenvalue weighted by molar-refractivity contribution is -0.0182. The third-order valence-corrected chi connectivity index (χ3v) is 4.72. The predicted octanol–water partition coefficient (Wildman–Crippen LogP) is 4.61. The van der Waals surface area contributed by atoms with Gasteiger partial charge in [0.2, 0.25) is 0 Å². The van der Waals surface area contributed by atoms with Crippen molar-refractivity contribution in [3.05, 3.63) is 57.8 Å². The zero-order chi connectivity index (χ0) is 14.5. The van der Waals surface area contributed by atoms with E-state index in [1.54, 1.807) is 11.3 Å². The molecule has 0 aliphatic rings. The fraction of sp³-hybridized carbons (Fsp3) is 0.412. The van der Waals surface area contributed by atoms with E-state index < -0.39 is 0 Å². The van der Waals surface area contributed by atoms with E-state index in [-0.39, 0.29) is 18.2 Å². The van der Waals surface area contributed by atoms with Crippen molar-refractivity contribution in [1.82, 2.24) is 0 Å². The van der Waals surface area contributed by atoms with Gasteiger partial charge in [-0.15, -0.1) is 11.3 Å². The molecule has 0 saturated heterocycles. The maximum absolute atomic E-state index is 6.30. The van der Waals surface area contributed by atoms with Crippen LogP contribution >= 0.6 is 11.3 Å². The summed E-state index contributed by atoms with van der Waals surface area (Å²) in [6.07, 6.45) is 0.916. The average Bonchev–Trinajstić information content (AvgIpc) is 2.90. The van der Waals surface area contributed by atoms with E-state index in [1.807, 2.05) is 18.2 Å². The highest BCUT2D eigenvalue weighted by atomic mass is 32.1. The van der Waals surface area contributed by atoms with Crippen LogP contribution in [0.25, 0.3) is 0 Å². The van der Waals surface area contributed by atoms with Crippen LogP contribution in [0.4, 0.5) is 0 Å². The number of benzene rings is 1. The normalized spacial score (nSPS) is 15.8. The Kier molecular flexibility index (Phi) is 5.35. The lowest BCUT2D eigenvalue weighted by Gasteiger charge is -2.27. The highest BCUT2D eigenvalue weighted by molar-refractivity contribution is 7.10. The summed E-state index contributed by atoms with van der Waals surface area (Å²) < 4.78 is 6.30. The first-order valence-electron chi connectivity index (χ1n) is 7.13. The molecule has 2 N–H and O–H groups in total. The van der Waals surface area contributed by atoms with Gasteiger partial charge in [0.05, 0.1) is 6.10 Å². The number of hydrogen-bond acceptors (Lipinski definition) is 3. The quantitative estimate of drug-likeness (QED) is 0.842. The molecule has 20 heavy (non-hydrogen) atoms. The molecule has 0 saturated carbocycles. The Morgan fingerprint density at radius 3 is 2.45 bits per heavy atom. The van der Waals surface area contributed by atoms with Crippen LogP contribution in [-0.4, -0.2) is 6.04 Å². The van der Waals surface area contributed by atoms with Crippen LogP contribution in [0.5, 0.6) is 0 Å². The van der Waals surface area contributed by atoms with Crippen molar-refractivity contribution in [3.63, 3.8) is 0 Å². The first kappa shape index (κ1) is 15.2. The van der Waals surface area contributed by atoms with Crippen LogP contribution in [0.3, 0.4) is 0 Å². The van der Waals surface area contributed by atoms with Crippen molar-refractivity contribution in [2.75, 3.05) is 0 Å². The molecule has 3 unspecified atom stereocenters. The van der Waals surface area contributed by atoms with E-state index in [9.17, 15) is 0 Å². The van der Waals surface area contributed by atoms with E-state index in [2.05, 4.69) is 44.4 Å². The summed E-state index contributed by atoms with van der Waals surface area (Å²) in [6.45, 7) is 6.32. The number of nitrogens with two attached hydrogens (primary N) is 1. The number of thiophene rings is 1. The van der Waals surface area contributed by atoms with Gasteiger partial charge in [-0.2, -0.15) is 0 Å². The van der Waals surface area contributed by atoms with Crippen LogP contribution < -0.4 is 5.73 Å². The van der Waals surface area contributed by atoms with E-state index >= 15 is 0 Å². The van der Waals surface area contributed by atoms with Gasteiger partial charge in [0.25, 0.3) is 0 Å². The van der Waals surface area contributed by atoms with Gasteiger partial charge < -0.3 is 10.5 Å². The van der Waals surface area contributed by atoms with Crippen molar-refractivity contribution < 1.29 is 4.74 Å². The van der Waals surface area contributed by atoms with Gasteiger partial charge in [-0.1, -0.05) is 37.3 Å². The molecular weight excluding hydrogens is 266 g/mol. The minimum Gasteiger partial charge on any atom is -0.363 e. The van der Waals surface area contributed by atoms with E-state index in [4.69, 9.17) is 10.5 Å². The smallest absolute Gasteiger partial charge is 0.108 e. The largest absolute Gasteiger partial charge is 0.363 e. The second-order valence-electron chi connectivity index (χ2n) is 5.15. The zero-order valence-corrected chi connectivity index (χ0v) is 13.2. The number of hydrogen-bond donors (Lipinski definition) is 1. The third-order valence-electron chi connectivity index (χ3n) is 3.64. The van der Waals surface area contributed by atoms with Gasteiger partial charge in [0, 0.05) is 10.9 Å². The van der Waals surface area contributed by atoms with Crippen LogP contribution in [-0.2, 0) is 4.74 Å². The summed E-state index contributed by atoms with van der Waals surface area (Å²) in [4.78, 5) is 1.25. The van der Waals surface area contributed by atoms with Crippen molar-refractivity contribution in [1.29, 1.82) is 0 Å². The van der Waals surface area contributed by atoms with E-state index in [0.717, 1.165) is 6.42 Å². The molecule has 0 aliphatic carbocycles. The standard InChI is InChI=1S/C17H23NOS/c1-4-15(18)16(17-12(2)10-11-20-17)19-13(3)14-8-6-5-7-9-14/h5-11,13,15-16H,4,18H2,1-3H3. The molecule has 0 amide bonds. The van der Waals surface area contributed by atoms with Crippen LogP contribution in [0.1, 0.15) is 48.5 Å². The van der Waals surface area contributed by atoms with Gasteiger partial charge in [-0.25, -0.2) is 0 Å². The van der Waals surface area contributed by atoms with Crippen molar-refractivity contribution in [3.8, 4) is 0 Å². The van der Waals surface area contributed by atoms with Gasteiger partial charge in [-0.05, 0) is 42.8 Å². The molecule has 0 spiro atoms. The third kappa shape index (κ3) is 3.48. The minimum atomic E-state index is -0.0322. The summed E-state index contributed by atoms with van der Waals surface area (Å²) in [5, 5.41) is 2.11. The summed E-state index contributed by atoms with van der Waals surface area (Å²) in [7, 11) is 0. The second kappa shape index (κ2) is 7.02. The van der Waals surface area contributed by atoms with Crippen molar-refractivity contribution in [2.45, 2.75) is 45.4 Å². The second-order valence-corrected chi connectivity index (χ2v) is 6.10. The average molecular weight is 289 g/mol. The Labute approximate surface area is 125 Å². The fourth-order valence-corrected chi connectivity index (χ4v) is 3.31. The van der Waals surface area contributed by atoms with Gasteiger partial charge >= 0.3 is 0 Å². The highest BCUT2D eigenvalue weighted by Gasteiger charge is 2.24. The fourth-order valence-electron chi connectivity index (χ4n) is 2.27. The molecule has 2 rings (SSSR count). The Bertz CT molecular complexity index is 523. The molecule has 1 aromatic heterocycles. The highest BCUT2D eigenvalue weighted by Crippen LogP contribution is 2.34. The maximum Gasteiger partial charge on any atom is 0.108 e. The van der Waals surface area contributed by atoms with Crippen molar-refractivity contribution in [2.24, 2.45) is 5.73 Å². The Hall–Kier alpha value is -1.16. The molecule has 2 aromatic rings. The van der Waals surface area contributed by atoms with Crippen LogP contribution in [0.15, 0.2) is 41.8 Å². The molecule has 108 valence electrons. The summed E-state index contributed by atoms with van der Waals surface area (Å²) in [5.41, 5.74) is 8.74. The van der Waals surface area contributed by atoms with Gasteiger partial charge in [0.15, 0.2) is 0 Å². The van der Waals surface area contributed by atoms with Crippen LogP contribution in [0, 0.1) is 6.92 Å². The monoisotopic (exact) mass is 289 g/mol. The van der Waals surface area contributed by atoms with E-state index in [1.165, 1.54) is 16.0 Å². The molecule has 1 heterocycles. The molecule has 1 aromatic carbocycles. The zero-order valence-electron chi connectivity index (χ0n) is 12.4. The topological polar surface area (TPSA) is 35.2 Å². The molecule has 0 radical (unpaired) electrons. The summed E-state index contributed by atoms with van der Waals surface area (Å²) >= 11 is 1.73. The molecule has 3 atom stereocenters. The van der Waals surface area contributed by atoms with Gasteiger partial charge in [0.1, 0.15) is 6.10 Å². The molecular formula is C17H23NOS.